The summed E-state index contributed by atoms with van der Waals surface area (Å²) in [5.74, 6) is 0. The second-order valence-electron chi connectivity index (χ2n) is 1.98. The Morgan fingerprint density at radius 2 is 1.67 bits per heavy atom. The quantitative estimate of drug-likeness (QED) is 0.389. The van der Waals surface area contributed by atoms with E-state index in [9.17, 15) is 0 Å². The first-order chi connectivity index (χ1) is 4.41. The molecule has 0 aliphatic heterocycles. The van der Waals surface area contributed by atoms with E-state index in [1.165, 1.54) is 0 Å². The minimum Gasteiger partial charge on any atom is -0.103 e. The predicted octanol–water partition coefficient (Wildman–Crippen LogP) is 3.12. The maximum absolute atomic E-state index is 3.73. The van der Waals surface area contributed by atoms with Crippen molar-refractivity contribution >= 4 is 0 Å². The van der Waals surface area contributed by atoms with Crippen molar-refractivity contribution in [2.24, 2.45) is 0 Å². The zero-order valence-electron chi connectivity index (χ0n) is 5.97. The van der Waals surface area contributed by atoms with E-state index in [0.717, 1.165) is 25.7 Å². The van der Waals surface area contributed by atoms with Gasteiger partial charge in [0.2, 0.25) is 0 Å². The molecule has 0 amide bonds. The Bertz CT molecular complexity index is 80.0. The lowest BCUT2D eigenvalue weighted by atomic mass is 10.2. The zero-order chi connectivity index (χ0) is 6.95. The fourth-order valence-electron chi connectivity index (χ4n) is 0.568. The molecule has 9 heavy (non-hydrogen) atoms. The van der Waals surface area contributed by atoms with E-state index in [1.54, 1.807) is 0 Å². The van der Waals surface area contributed by atoms with E-state index in [1.807, 2.05) is 6.08 Å². The number of allylic oxidation sites excluding steroid dienone is 3. The Morgan fingerprint density at radius 1 is 1.00 bits per heavy atom. The molecule has 0 aromatic carbocycles. The summed E-state index contributed by atoms with van der Waals surface area (Å²) in [5, 5.41) is 0. The number of rotatable bonds is 5. The summed E-state index contributed by atoms with van der Waals surface area (Å²) in [6, 6.07) is 0. The molecular formula is C9H15. The topological polar surface area (TPSA) is 0 Å². The third-order valence-electron chi connectivity index (χ3n) is 1.07. The summed E-state index contributed by atoms with van der Waals surface area (Å²) in [4.78, 5) is 0. The van der Waals surface area contributed by atoms with Crippen LogP contribution in [0.4, 0.5) is 0 Å². The van der Waals surface area contributed by atoms with E-state index in [2.05, 4.69) is 25.7 Å². The fraction of sp³-hybridized carbons (Fsp3) is 0.444. The van der Waals surface area contributed by atoms with Crippen LogP contribution in [0.25, 0.3) is 0 Å². The van der Waals surface area contributed by atoms with Crippen LogP contribution in [-0.4, -0.2) is 0 Å². The van der Waals surface area contributed by atoms with Gasteiger partial charge in [-0.25, -0.2) is 0 Å². The van der Waals surface area contributed by atoms with Crippen LogP contribution < -0.4 is 0 Å². The molecular weight excluding hydrogens is 108 g/mol. The van der Waals surface area contributed by atoms with Crippen LogP contribution in [0.5, 0.6) is 0 Å². The standard InChI is InChI=1S/C9H15/c1-3-5-7-9-8-6-4-2/h3,8-9H,1-2,4-7H2/b9-8+. The lowest BCUT2D eigenvalue weighted by molar-refractivity contribution is 1.00. The molecule has 0 aliphatic rings. The molecule has 0 saturated heterocycles. The third-order valence-corrected chi connectivity index (χ3v) is 1.07. The molecule has 1 radical (unpaired) electrons. The highest BCUT2D eigenvalue weighted by Gasteiger charge is 1.73. The summed E-state index contributed by atoms with van der Waals surface area (Å²) in [6.45, 7) is 7.36. The van der Waals surface area contributed by atoms with Crippen molar-refractivity contribution in [1.82, 2.24) is 0 Å². The first-order valence-electron chi connectivity index (χ1n) is 3.47. The Morgan fingerprint density at radius 3 is 2.22 bits per heavy atom. The highest BCUT2D eigenvalue weighted by molar-refractivity contribution is 4.84. The van der Waals surface area contributed by atoms with Crippen LogP contribution in [0.3, 0.4) is 0 Å². The molecule has 0 spiro atoms. The summed E-state index contributed by atoms with van der Waals surface area (Å²) in [6.07, 6.45) is 10.6. The third kappa shape index (κ3) is 7.48. The van der Waals surface area contributed by atoms with Gasteiger partial charge in [-0.3, -0.25) is 0 Å². The van der Waals surface area contributed by atoms with E-state index in [-0.39, 0.29) is 0 Å². The molecule has 0 bridgehead atoms. The van der Waals surface area contributed by atoms with Crippen molar-refractivity contribution in [3.63, 3.8) is 0 Å². The summed E-state index contributed by atoms with van der Waals surface area (Å²) in [5.41, 5.74) is 0. The Balaban J connectivity index is 2.94. The van der Waals surface area contributed by atoms with Gasteiger partial charge in [0, 0.05) is 0 Å². The van der Waals surface area contributed by atoms with Gasteiger partial charge in [-0.2, -0.15) is 0 Å². The highest BCUT2D eigenvalue weighted by Crippen LogP contribution is 1.94. The largest absolute Gasteiger partial charge is 0.103 e. The Kier molecular flexibility index (Phi) is 7.05. The molecule has 0 atom stereocenters. The molecule has 0 unspecified atom stereocenters. The van der Waals surface area contributed by atoms with Crippen LogP contribution in [0.2, 0.25) is 0 Å². The average molecular weight is 123 g/mol. The monoisotopic (exact) mass is 123 g/mol. The predicted molar refractivity (Wildman–Crippen MR) is 43.2 cm³/mol. The van der Waals surface area contributed by atoms with E-state index in [0.29, 0.717) is 0 Å². The summed E-state index contributed by atoms with van der Waals surface area (Å²) in [7, 11) is 0. The van der Waals surface area contributed by atoms with Crippen molar-refractivity contribution in [3.05, 3.63) is 31.7 Å². The number of hydrogen-bond donors (Lipinski definition) is 0. The molecule has 0 saturated carbocycles. The molecule has 0 N–H and O–H groups in total. The highest BCUT2D eigenvalue weighted by atomic mass is 13.8. The molecule has 0 rings (SSSR count). The van der Waals surface area contributed by atoms with Gasteiger partial charge in [-0.05, 0) is 25.7 Å². The second-order valence-corrected chi connectivity index (χ2v) is 1.98. The van der Waals surface area contributed by atoms with Gasteiger partial charge >= 0.3 is 0 Å². The van der Waals surface area contributed by atoms with Gasteiger partial charge in [-0.15, -0.1) is 6.58 Å². The molecule has 0 aliphatic carbocycles. The van der Waals surface area contributed by atoms with Gasteiger partial charge in [0.15, 0.2) is 0 Å². The van der Waals surface area contributed by atoms with Crippen LogP contribution in [-0.2, 0) is 0 Å². The van der Waals surface area contributed by atoms with E-state index >= 15 is 0 Å². The Hall–Kier alpha value is -0.520. The van der Waals surface area contributed by atoms with E-state index in [4.69, 9.17) is 0 Å². The van der Waals surface area contributed by atoms with Crippen LogP contribution in [0.15, 0.2) is 24.8 Å². The minimum atomic E-state index is 1.00. The maximum atomic E-state index is 3.73. The van der Waals surface area contributed by atoms with Crippen molar-refractivity contribution in [2.75, 3.05) is 0 Å². The maximum Gasteiger partial charge on any atom is -0.0316 e. The Labute approximate surface area is 58.3 Å². The summed E-state index contributed by atoms with van der Waals surface area (Å²) >= 11 is 0. The molecule has 0 heterocycles. The molecule has 0 nitrogen and oxygen atoms in total. The van der Waals surface area contributed by atoms with Crippen molar-refractivity contribution in [2.45, 2.75) is 25.7 Å². The summed E-state index contributed by atoms with van der Waals surface area (Å²) < 4.78 is 0. The smallest absolute Gasteiger partial charge is 0.0316 e. The average Bonchev–Trinajstić information content (AvgIpc) is 1.89. The normalized spacial score (nSPS) is 10.3. The fourth-order valence-corrected chi connectivity index (χ4v) is 0.568. The molecule has 0 aromatic rings. The van der Waals surface area contributed by atoms with Crippen molar-refractivity contribution < 1.29 is 0 Å². The molecule has 0 heteroatoms. The lowest BCUT2D eigenvalue weighted by Gasteiger charge is -1.84. The van der Waals surface area contributed by atoms with Gasteiger partial charge in [0.05, 0.1) is 0 Å². The van der Waals surface area contributed by atoms with Crippen molar-refractivity contribution in [1.29, 1.82) is 0 Å². The first-order valence-corrected chi connectivity index (χ1v) is 3.47. The minimum absolute atomic E-state index is 1.00. The number of hydrogen-bond acceptors (Lipinski definition) is 0. The van der Waals surface area contributed by atoms with E-state index < -0.39 is 0 Å². The SMILES string of the molecule is [CH2]CC/C=C/CCC=C. The molecule has 0 aromatic heterocycles. The van der Waals surface area contributed by atoms with Gasteiger partial charge in [0.25, 0.3) is 0 Å². The first kappa shape index (κ1) is 8.48. The second kappa shape index (κ2) is 7.48. The van der Waals surface area contributed by atoms with Crippen LogP contribution in [0, 0.1) is 6.92 Å². The number of unbranched alkanes of at least 4 members (excludes halogenated alkanes) is 2. The molecule has 51 valence electrons. The van der Waals surface area contributed by atoms with Crippen molar-refractivity contribution in [3.8, 4) is 0 Å². The molecule has 0 fully saturated rings. The van der Waals surface area contributed by atoms with Crippen LogP contribution >= 0.6 is 0 Å². The van der Waals surface area contributed by atoms with Crippen LogP contribution in [0.1, 0.15) is 25.7 Å². The van der Waals surface area contributed by atoms with Gasteiger partial charge < -0.3 is 0 Å². The van der Waals surface area contributed by atoms with Gasteiger partial charge in [-0.1, -0.05) is 25.2 Å². The zero-order valence-corrected chi connectivity index (χ0v) is 5.97. The lowest BCUT2D eigenvalue weighted by Crippen LogP contribution is -1.64. The van der Waals surface area contributed by atoms with Gasteiger partial charge in [0.1, 0.15) is 0 Å².